The van der Waals surface area contributed by atoms with Gasteiger partial charge in [0.2, 0.25) is 0 Å². The summed E-state index contributed by atoms with van der Waals surface area (Å²) >= 11 is 0. The zero-order valence-corrected chi connectivity index (χ0v) is 10.9. The summed E-state index contributed by atoms with van der Waals surface area (Å²) in [6.07, 6.45) is 5.78. The SMILES string of the molecule is OC1(c2ccco2)C2CCC1Cc1ccccc1C2. The molecule has 1 N–H and O–H groups in total. The highest BCUT2D eigenvalue weighted by Crippen LogP contribution is 2.52. The van der Waals surface area contributed by atoms with E-state index in [1.54, 1.807) is 6.26 Å². The van der Waals surface area contributed by atoms with Gasteiger partial charge < -0.3 is 9.52 Å². The molecule has 0 radical (unpaired) electrons. The molecule has 2 unspecified atom stereocenters. The van der Waals surface area contributed by atoms with Gasteiger partial charge in [0.05, 0.1) is 6.26 Å². The van der Waals surface area contributed by atoms with Gasteiger partial charge in [-0.1, -0.05) is 24.3 Å². The average Bonchev–Trinajstić information content (AvgIpc) is 2.99. The molecular weight excluding hydrogens is 236 g/mol. The molecule has 2 bridgehead atoms. The minimum atomic E-state index is -0.775. The van der Waals surface area contributed by atoms with Crippen LogP contribution in [0.25, 0.3) is 0 Å². The summed E-state index contributed by atoms with van der Waals surface area (Å²) in [4.78, 5) is 0. The third-order valence-corrected chi connectivity index (χ3v) is 5.08. The van der Waals surface area contributed by atoms with Crippen LogP contribution in [0.3, 0.4) is 0 Å². The summed E-state index contributed by atoms with van der Waals surface area (Å²) in [7, 11) is 0. The molecule has 1 heterocycles. The number of benzene rings is 1. The first kappa shape index (κ1) is 11.3. The van der Waals surface area contributed by atoms with Crippen LogP contribution >= 0.6 is 0 Å². The van der Waals surface area contributed by atoms with Crippen molar-refractivity contribution < 1.29 is 9.52 Å². The maximum Gasteiger partial charge on any atom is 0.135 e. The first-order valence-corrected chi connectivity index (χ1v) is 7.11. The molecule has 2 aromatic rings. The van der Waals surface area contributed by atoms with Gasteiger partial charge in [0.1, 0.15) is 11.4 Å². The fourth-order valence-corrected chi connectivity index (χ4v) is 4.09. The van der Waals surface area contributed by atoms with E-state index in [1.807, 2.05) is 12.1 Å². The van der Waals surface area contributed by atoms with Crippen molar-refractivity contribution in [3.63, 3.8) is 0 Å². The Hall–Kier alpha value is -1.54. The Morgan fingerprint density at radius 1 is 0.947 bits per heavy atom. The fourth-order valence-electron chi connectivity index (χ4n) is 4.09. The van der Waals surface area contributed by atoms with Crippen molar-refractivity contribution in [2.24, 2.45) is 11.8 Å². The highest BCUT2D eigenvalue weighted by atomic mass is 16.4. The Kier molecular flexibility index (Phi) is 2.36. The zero-order valence-electron chi connectivity index (χ0n) is 10.9. The second kappa shape index (κ2) is 3.97. The molecule has 2 atom stereocenters. The van der Waals surface area contributed by atoms with Gasteiger partial charge in [0.15, 0.2) is 0 Å². The van der Waals surface area contributed by atoms with Crippen LogP contribution in [0.2, 0.25) is 0 Å². The summed E-state index contributed by atoms with van der Waals surface area (Å²) in [5, 5.41) is 11.3. The van der Waals surface area contributed by atoms with Crippen LogP contribution in [-0.2, 0) is 18.4 Å². The normalized spacial score (nSPS) is 32.9. The fraction of sp³-hybridized carbons (Fsp3) is 0.412. The second-order valence-corrected chi connectivity index (χ2v) is 5.95. The van der Waals surface area contributed by atoms with Gasteiger partial charge in [-0.3, -0.25) is 0 Å². The number of hydrogen-bond donors (Lipinski definition) is 1. The van der Waals surface area contributed by atoms with Crippen molar-refractivity contribution >= 4 is 0 Å². The van der Waals surface area contributed by atoms with E-state index in [2.05, 4.69) is 24.3 Å². The van der Waals surface area contributed by atoms with E-state index < -0.39 is 5.60 Å². The summed E-state index contributed by atoms with van der Waals surface area (Å²) in [6, 6.07) is 12.4. The van der Waals surface area contributed by atoms with E-state index >= 15 is 0 Å². The van der Waals surface area contributed by atoms with Crippen LogP contribution in [-0.4, -0.2) is 5.11 Å². The molecule has 1 aromatic heterocycles. The Labute approximate surface area is 113 Å². The van der Waals surface area contributed by atoms with E-state index in [0.29, 0.717) is 0 Å². The molecule has 2 aliphatic rings. The number of fused-ring (bicyclic) bond motifs is 3. The molecule has 0 spiro atoms. The second-order valence-electron chi connectivity index (χ2n) is 5.95. The Morgan fingerprint density at radius 3 is 2.11 bits per heavy atom. The lowest BCUT2D eigenvalue weighted by Crippen LogP contribution is -2.36. The smallest absolute Gasteiger partial charge is 0.135 e. The van der Waals surface area contributed by atoms with Crippen LogP contribution in [0.4, 0.5) is 0 Å². The molecule has 0 amide bonds. The maximum absolute atomic E-state index is 11.3. The third kappa shape index (κ3) is 1.53. The minimum absolute atomic E-state index is 0.285. The predicted molar refractivity (Wildman–Crippen MR) is 72.7 cm³/mol. The van der Waals surface area contributed by atoms with E-state index in [0.717, 1.165) is 31.4 Å². The van der Waals surface area contributed by atoms with Crippen molar-refractivity contribution in [3.05, 3.63) is 59.5 Å². The Balaban J connectivity index is 1.82. The number of furan rings is 1. The number of rotatable bonds is 1. The topological polar surface area (TPSA) is 33.4 Å². The Bertz CT molecular complexity index is 552. The molecule has 1 aromatic carbocycles. The molecular formula is C17H18O2. The highest BCUT2D eigenvalue weighted by Gasteiger charge is 2.53. The quantitative estimate of drug-likeness (QED) is 0.847. The molecule has 2 nitrogen and oxygen atoms in total. The minimum Gasteiger partial charge on any atom is -0.466 e. The third-order valence-electron chi connectivity index (χ3n) is 5.08. The summed E-state index contributed by atoms with van der Waals surface area (Å²) < 4.78 is 5.56. The van der Waals surface area contributed by atoms with Gasteiger partial charge in [0, 0.05) is 0 Å². The average molecular weight is 254 g/mol. The summed E-state index contributed by atoms with van der Waals surface area (Å²) in [6.45, 7) is 0. The summed E-state index contributed by atoms with van der Waals surface area (Å²) in [5.74, 6) is 1.33. The van der Waals surface area contributed by atoms with Crippen molar-refractivity contribution in [1.82, 2.24) is 0 Å². The molecule has 1 saturated carbocycles. The monoisotopic (exact) mass is 254 g/mol. The lowest BCUT2D eigenvalue weighted by atomic mass is 9.80. The van der Waals surface area contributed by atoms with Crippen molar-refractivity contribution in [2.75, 3.05) is 0 Å². The van der Waals surface area contributed by atoms with Crippen LogP contribution < -0.4 is 0 Å². The van der Waals surface area contributed by atoms with E-state index in [1.165, 1.54) is 11.1 Å². The van der Waals surface area contributed by atoms with E-state index in [9.17, 15) is 5.11 Å². The maximum atomic E-state index is 11.3. The standard InChI is InChI=1S/C17H18O2/c18-17(16-6-3-9-19-16)14-7-8-15(17)11-13-5-2-1-4-12(13)10-14/h1-6,9,14-15,18H,7-8,10-11H2. The molecule has 0 saturated heterocycles. The molecule has 2 aliphatic carbocycles. The molecule has 2 heteroatoms. The van der Waals surface area contributed by atoms with Crippen LogP contribution in [0.15, 0.2) is 47.1 Å². The molecule has 0 aliphatic heterocycles. The van der Waals surface area contributed by atoms with Crippen molar-refractivity contribution in [3.8, 4) is 0 Å². The molecule has 4 rings (SSSR count). The highest BCUT2D eigenvalue weighted by molar-refractivity contribution is 5.33. The molecule has 1 fully saturated rings. The molecule has 19 heavy (non-hydrogen) atoms. The van der Waals surface area contributed by atoms with Crippen LogP contribution in [0, 0.1) is 11.8 Å². The number of aliphatic hydroxyl groups is 1. The van der Waals surface area contributed by atoms with Gasteiger partial charge in [-0.15, -0.1) is 0 Å². The van der Waals surface area contributed by atoms with Gasteiger partial charge in [-0.05, 0) is 60.8 Å². The van der Waals surface area contributed by atoms with Crippen LogP contribution in [0.1, 0.15) is 29.7 Å². The lowest BCUT2D eigenvalue weighted by Gasteiger charge is -2.31. The van der Waals surface area contributed by atoms with Gasteiger partial charge >= 0.3 is 0 Å². The van der Waals surface area contributed by atoms with Gasteiger partial charge in [-0.25, -0.2) is 0 Å². The molecule has 98 valence electrons. The predicted octanol–water partition coefficient (Wildman–Crippen LogP) is 3.29. The number of hydrogen-bond acceptors (Lipinski definition) is 2. The van der Waals surface area contributed by atoms with E-state index in [-0.39, 0.29) is 11.8 Å². The van der Waals surface area contributed by atoms with Crippen LogP contribution in [0.5, 0.6) is 0 Å². The van der Waals surface area contributed by atoms with Gasteiger partial charge in [0.25, 0.3) is 0 Å². The van der Waals surface area contributed by atoms with Crippen molar-refractivity contribution in [2.45, 2.75) is 31.3 Å². The Morgan fingerprint density at radius 2 is 1.58 bits per heavy atom. The summed E-state index contributed by atoms with van der Waals surface area (Å²) in [5.41, 5.74) is 2.03. The lowest BCUT2D eigenvalue weighted by molar-refractivity contribution is -0.0573. The van der Waals surface area contributed by atoms with Gasteiger partial charge in [-0.2, -0.15) is 0 Å². The first-order valence-electron chi connectivity index (χ1n) is 7.11. The van der Waals surface area contributed by atoms with Crippen molar-refractivity contribution in [1.29, 1.82) is 0 Å². The largest absolute Gasteiger partial charge is 0.466 e. The first-order chi connectivity index (χ1) is 9.28. The van der Waals surface area contributed by atoms with E-state index in [4.69, 9.17) is 4.42 Å². The zero-order chi connectivity index (χ0) is 12.9.